The molecule has 67 heavy (non-hydrogen) atoms. The molecule has 0 saturated heterocycles. The second kappa shape index (κ2) is 15.8. The molecule has 2 nitrogen and oxygen atoms in total. The van der Waals surface area contributed by atoms with E-state index in [4.69, 9.17) is 0 Å². The van der Waals surface area contributed by atoms with Crippen LogP contribution in [0.5, 0.6) is 0 Å². The molecule has 2 heteroatoms. The van der Waals surface area contributed by atoms with Crippen LogP contribution in [0.3, 0.4) is 0 Å². The average molecular weight is 853 g/mol. The molecule has 0 spiro atoms. The number of hydrogen-bond donors (Lipinski definition) is 0. The molecule has 0 radical (unpaired) electrons. The van der Waals surface area contributed by atoms with Crippen molar-refractivity contribution in [2.24, 2.45) is 0 Å². The fourth-order valence-corrected chi connectivity index (χ4v) is 11.2. The fraction of sp³-hybridized carbons (Fsp3) is 0.0154. The van der Waals surface area contributed by atoms with Gasteiger partial charge in [-0.25, -0.2) is 0 Å². The van der Waals surface area contributed by atoms with Crippen molar-refractivity contribution in [2.45, 2.75) is 5.41 Å². The first-order valence-corrected chi connectivity index (χ1v) is 23.2. The van der Waals surface area contributed by atoms with Crippen molar-refractivity contribution in [1.29, 1.82) is 0 Å². The summed E-state index contributed by atoms with van der Waals surface area (Å²) in [6.07, 6.45) is 0. The summed E-state index contributed by atoms with van der Waals surface area (Å²) in [6.45, 7) is 0. The smallest absolute Gasteiger partial charge is 0.0713 e. The van der Waals surface area contributed by atoms with Crippen LogP contribution in [0, 0.1) is 0 Å². The molecule has 0 saturated carbocycles. The number of para-hydroxylation sites is 2. The molecule has 1 aliphatic rings. The van der Waals surface area contributed by atoms with Gasteiger partial charge >= 0.3 is 0 Å². The lowest BCUT2D eigenvalue weighted by Gasteiger charge is -2.34. The van der Waals surface area contributed by atoms with Crippen LogP contribution in [0.4, 0.5) is 17.1 Å². The molecule has 1 aliphatic carbocycles. The van der Waals surface area contributed by atoms with E-state index in [1.165, 1.54) is 82.6 Å². The molecule has 314 valence electrons. The fourth-order valence-electron chi connectivity index (χ4n) is 11.2. The Hall–Kier alpha value is -8.72. The summed E-state index contributed by atoms with van der Waals surface area (Å²) in [6, 6.07) is 98.0. The third-order valence-corrected chi connectivity index (χ3v) is 14.1. The Bertz CT molecular complexity index is 3690. The molecule has 0 atom stereocenters. The molecule has 0 bridgehead atoms. The second-order valence-corrected chi connectivity index (χ2v) is 17.6. The highest BCUT2D eigenvalue weighted by Gasteiger charge is 2.45. The maximum Gasteiger partial charge on any atom is 0.0713 e. The summed E-state index contributed by atoms with van der Waals surface area (Å²) >= 11 is 0. The second-order valence-electron chi connectivity index (χ2n) is 17.6. The van der Waals surface area contributed by atoms with E-state index in [-0.39, 0.29) is 0 Å². The predicted octanol–water partition coefficient (Wildman–Crippen LogP) is 17.1. The van der Waals surface area contributed by atoms with Crippen LogP contribution in [-0.2, 0) is 5.41 Å². The monoisotopic (exact) mass is 852 g/mol. The maximum atomic E-state index is 2.41. The Morgan fingerprint density at radius 1 is 0.313 bits per heavy atom. The first-order valence-electron chi connectivity index (χ1n) is 23.2. The topological polar surface area (TPSA) is 8.17 Å². The van der Waals surface area contributed by atoms with Gasteiger partial charge in [-0.2, -0.15) is 0 Å². The highest BCUT2D eigenvalue weighted by Crippen LogP contribution is 2.56. The first-order chi connectivity index (χ1) is 33.3. The Morgan fingerprint density at radius 3 is 1.40 bits per heavy atom. The van der Waals surface area contributed by atoms with Crippen molar-refractivity contribution >= 4 is 49.6 Å². The molecule has 0 amide bonds. The minimum Gasteiger partial charge on any atom is -0.310 e. The van der Waals surface area contributed by atoms with Crippen LogP contribution in [0.2, 0.25) is 0 Å². The number of nitrogens with zero attached hydrogens (tertiary/aromatic N) is 2. The quantitative estimate of drug-likeness (QED) is 0.148. The van der Waals surface area contributed by atoms with E-state index >= 15 is 0 Å². The molecular formula is C65H44N2. The zero-order valence-electron chi connectivity index (χ0n) is 36.8. The normalized spacial score (nSPS) is 12.6. The van der Waals surface area contributed by atoms with Gasteiger partial charge in [-0.1, -0.05) is 206 Å². The molecular weight excluding hydrogens is 809 g/mol. The SMILES string of the molecule is c1ccc(-c2cccc3cccc(-c4cccc(N(c5ccc(-n6c7ccccc7c7ccccc76)cc5)c5ccc(C6(c7ccccc7)c7ccccc7-c7ccccc76)cc5)c4)c23)cc1. The predicted molar refractivity (Wildman–Crippen MR) is 281 cm³/mol. The third-order valence-electron chi connectivity index (χ3n) is 14.1. The van der Waals surface area contributed by atoms with Gasteiger partial charge in [-0.05, 0) is 127 Å². The van der Waals surface area contributed by atoms with Crippen LogP contribution in [0.1, 0.15) is 22.3 Å². The van der Waals surface area contributed by atoms with Crippen LogP contribution in [0.15, 0.2) is 267 Å². The largest absolute Gasteiger partial charge is 0.310 e. The van der Waals surface area contributed by atoms with Crippen molar-refractivity contribution in [2.75, 3.05) is 4.90 Å². The Labute approximate surface area is 390 Å². The van der Waals surface area contributed by atoms with Crippen molar-refractivity contribution in [3.63, 3.8) is 0 Å². The number of rotatable bonds is 8. The zero-order valence-corrected chi connectivity index (χ0v) is 36.8. The summed E-state index contributed by atoms with van der Waals surface area (Å²) in [4.78, 5) is 2.41. The minimum absolute atomic E-state index is 0.480. The molecule has 12 aromatic rings. The van der Waals surface area contributed by atoms with Crippen molar-refractivity contribution < 1.29 is 0 Å². The van der Waals surface area contributed by atoms with Gasteiger partial charge in [0.1, 0.15) is 0 Å². The molecule has 0 aliphatic heterocycles. The summed E-state index contributed by atoms with van der Waals surface area (Å²) in [5.41, 5.74) is 18.8. The summed E-state index contributed by atoms with van der Waals surface area (Å²) < 4.78 is 2.39. The Morgan fingerprint density at radius 2 is 0.776 bits per heavy atom. The van der Waals surface area contributed by atoms with E-state index in [1.807, 2.05) is 0 Å². The van der Waals surface area contributed by atoms with Gasteiger partial charge in [0.05, 0.1) is 16.4 Å². The minimum atomic E-state index is -0.480. The van der Waals surface area contributed by atoms with Gasteiger partial charge < -0.3 is 9.47 Å². The van der Waals surface area contributed by atoms with E-state index in [9.17, 15) is 0 Å². The lowest BCUT2D eigenvalue weighted by molar-refractivity contribution is 0.768. The Kier molecular flexibility index (Phi) is 9.11. The first kappa shape index (κ1) is 38.7. The lowest BCUT2D eigenvalue weighted by atomic mass is 9.68. The summed E-state index contributed by atoms with van der Waals surface area (Å²) in [5.74, 6) is 0. The van der Waals surface area contributed by atoms with Crippen LogP contribution >= 0.6 is 0 Å². The third kappa shape index (κ3) is 6.11. The van der Waals surface area contributed by atoms with E-state index < -0.39 is 5.41 Å². The summed E-state index contributed by atoms with van der Waals surface area (Å²) in [7, 11) is 0. The zero-order chi connectivity index (χ0) is 44.3. The Balaban J connectivity index is 0.991. The van der Waals surface area contributed by atoms with Gasteiger partial charge in [0.2, 0.25) is 0 Å². The van der Waals surface area contributed by atoms with Gasteiger partial charge in [-0.3, -0.25) is 0 Å². The van der Waals surface area contributed by atoms with E-state index in [0.29, 0.717) is 0 Å². The highest BCUT2D eigenvalue weighted by molar-refractivity contribution is 6.09. The molecule has 0 unspecified atom stereocenters. The molecule has 0 N–H and O–H groups in total. The lowest BCUT2D eigenvalue weighted by Crippen LogP contribution is -2.28. The number of aromatic nitrogens is 1. The van der Waals surface area contributed by atoms with E-state index in [0.717, 1.165) is 28.3 Å². The van der Waals surface area contributed by atoms with Crippen molar-refractivity contribution in [3.05, 3.63) is 289 Å². The molecule has 11 aromatic carbocycles. The maximum absolute atomic E-state index is 2.41. The number of benzene rings is 11. The van der Waals surface area contributed by atoms with Gasteiger partial charge in [-0.15, -0.1) is 0 Å². The van der Waals surface area contributed by atoms with Gasteiger partial charge in [0.15, 0.2) is 0 Å². The van der Waals surface area contributed by atoms with Crippen molar-refractivity contribution in [3.8, 4) is 39.1 Å². The van der Waals surface area contributed by atoms with E-state index in [2.05, 4.69) is 276 Å². The van der Waals surface area contributed by atoms with E-state index in [1.54, 1.807) is 0 Å². The van der Waals surface area contributed by atoms with Gasteiger partial charge in [0, 0.05) is 33.5 Å². The number of anilines is 3. The number of fused-ring (bicyclic) bond motifs is 7. The van der Waals surface area contributed by atoms with Crippen LogP contribution in [-0.4, -0.2) is 4.57 Å². The molecule has 1 heterocycles. The average Bonchev–Trinajstić information content (AvgIpc) is 3.90. The highest BCUT2D eigenvalue weighted by atomic mass is 15.1. The molecule has 0 fully saturated rings. The van der Waals surface area contributed by atoms with Gasteiger partial charge in [0.25, 0.3) is 0 Å². The van der Waals surface area contributed by atoms with Crippen LogP contribution in [0.25, 0.3) is 71.6 Å². The molecule has 1 aromatic heterocycles. The van der Waals surface area contributed by atoms with Crippen molar-refractivity contribution in [1.82, 2.24) is 4.57 Å². The van der Waals surface area contributed by atoms with Crippen LogP contribution < -0.4 is 4.90 Å². The number of hydrogen-bond acceptors (Lipinski definition) is 1. The molecule has 13 rings (SSSR count). The summed E-state index contributed by atoms with van der Waals surface area (Å²) in [5, 5.41) is 4.98. The standard InChI is InChI=1S/C65H44N2/c1-3-18-45(19-4-1)54-30-16-20-46-21-17-31-55(64(46)54)47-22-15-25-53(44-47)66(51-40-42-52(43-41-51)67-62-34-13-9-28-58(62)59-29-10-14-35-63(59)67)50-38-36-49(37-39-50)65(48-23-5-2-6-24-48)60-32-11-7-26-56(60)57-27-8-12-33-61(57)65/h1-44H.